The number of hydrogen-bond acceptors (Lipinski definition) is 3. The van der Waals surface area contributed by atoms with Crippen molar-refractivity contribution in [2.75, 3.05) is 13.2 Å². The molecule has 3 heterocycles. The predicted octanol–water partition coefficient (Wildman–Crippen LogP) is 0.429. The number of likely N-dealkylation sites (tertiary alicyclic amines) is 1. The van der Waals surface area contributed by atoms with Crippen LogP contribution in [0.4, 0.5) is 0 Å². The summed E-state index contributed by atoms with van der Waals surface area (Å²) in [6.07, 6.45) is 7.31. The van der Waals surface area contributed by atoms with Gasteiger partial charge in [0.25, 0.3) is 0 Å². The number of fused-ring (bicyclic) bond motifs is 1. The van der Waals surface area contributed by atoms with Gasteiger partial charge in [-0.3, -0.25) is 4.79 Å². The maximum atomic E-state index is 12.5. The third-order valence-electron chi connectivity index (χ3n) is 4.19. The molecule has 0 saturated carbocycles. The molecule has 2 aliphatic rings. The van der Waals surface area contributed by atoms with E-state index < -0.39 is 0 Å². The standard InChI is InChI=1S/C13H19N3O2/c17-8-11-2-1-4-16(11)13(18)10-3-5-15-9-14-7-12(15)6-10/h7,9-11,17H,1-6,8H2. The first-order valence-corrected chi connectivity index (χ1v) is 6.70. The molecule has 0 aromatic carbocycles. The van der Waals surface area contributed by atoms with Gasteiger partial charge in [0.1, 0.15) is 0 Å². The topological polar surface area (TPSA) is 58.4 Å². The van der Waals surface area contributed by atoms with E-state index in [0.717, 1.165) is 44.5 Å². The Kier molecular flexibility index (Phi) is 3.07. The monoisotopic (exact) mass is 249 g/mol. The van der Waals surface area contributed by atoms with Gasteiger partial charge in [-0.15, -0.1) is 0 Å². The smallest absolute Gasteiger partial charge is 0.226 e. The van der Waals surface area contributed by atoms with Crippen molar-refractivity contribution in [3.8, 4) is 0 Å². The summed E-state index contributed by atoms with van der Waals surface area (Å²) in [5.41, 5.74) is 1.15. The molecule has 2 aliphatic heterocycles. The molecule has 1 N–H and O–H groups in total. The number of aliphatic hydroxyl groups excluding tert-OH is 1. The molecule has 0 radical (unpaired) electrons. The summed E-state index contributed by atoms with van der Waals surface area (Å²) in [5, 5.41) is 9.30. The largest absolute Gasteiger partial charge is 0.394 e. The van der Waals surface area contributed by atoms with Gasteiger partial charge in [-0.1, -0.05) is 0 Å². The van der Waals surface area contributed by atoms with Crippen molar-refractivity contribution in [3.05, 3.63) is 18.2 Å². The Balaban J connectivity index is 1.71. The number of aromatic nitrogens is 2. The summed E-state index contributed by atoms with van der Waals surface area (Å²) in [7, 11) is 0. The number of hydrogen-bond donors (Lipinski definition) is 1. The second-order valence-corrected chi connectivity index (χ2v) is 5.28. The van der Waals surface area contributed by atoms with Crippen LogP contribution in [-0.2, 0) is 17.8 Å². The molecule has 18 heavy (non-hydrogen) atoms. The minimum atomic E-state index is 0.0457. The molecule has 0 bridgehead atoms. The Labute approximate surface area is 106 Å². The zero-order valence-electron chi connectivity index (χ0n) is 10.5. The highest BCUT2D eigenvalue weighted by molar-refractivity contribution is 5.79. The van der Waals surface area contributed by atoms with Gasteiger partial charge in [0.2, 0.25) is 5.91 Å². The highest BCUT2D eigenvalue weighted by Crippen LogP contribution is 2.26. The number of imidazole rings is 1. The molecule has 1 amide bonds. The number of amides is 1. The van der Waals surface area contributed by atoms with E-state index in [-0.39, 0.29) is 24.5 Å². The van der Waals surface area contributed by atoms with Crippen molar-refractivity contribution in [2.45, 2.75) is 38.3 Å². The van der Waals surface area contributed by atoms with E-state index >= 15 is 0 Å². The number of carbonyl (C=O) groups is 1. The Morgan fingerprint density at radius 1 is 1.44 bits per heavy atom. The summed E-state index contributed by atoms with van der Waals surface area (Å²) in [6, 6.07) is 0.0457. The Morgan fingerprint density at radius 2 is 2.33 bits per heavy atom. The van der Waals surface area contributed by atoms with Gasteiger partial charge < -0.3 is 14.6 Å². The SMILES string of the molecule is O=C(C1CCn2cncc2C1)N1CCCC1CO. The van der Waals surface area contributed by atoms with Crippen LogP contribution >= 0.6 is 0 Å². The lowest BCUT2D eigenvalue weighted by Crippen LogP contribution is -2.43. The lowest BCUT2D eigenvalue weighted by Gasteiger charge is -2.30. The first-order valence-electron chi connectivity index (χ1n) is 6.70. The van der Waals surface area contributed by atoms with Crippen LogP contribution in [0.15, 0.2) is 12.5 Å². The molecule has 98 valence electrons. The highest BCUT2D eigenvalue weighted by atomic mass is 16.3. The van der Waals surface area contributed by atoms with Gasteiger partial charge in [-0.2, -0.15) is 0 Å². The van der Waals surface area contributed by atoms with Gasteiger partial charge in [0.05, 0.1) is 19.0 Å². The van der Waals surface area contributed by atoms with E-state index in [1.165, 1.54) is 0 Å². The number of aliphatic hydroxyl groups is 1. The third kappa shape index (κ3) is 1.92. The molecule has 5 heteroatoms. The predicted molar refractivity (Wildman–Crippen MR) is 65.9 cm³/mol. The molecule has 1 aromatic rings. The lowest BCUT2D eigenvalue weighted by molar-refractivity contribution is -0.137. The number of rotatable bonds is 2. The quantitative estimate of drug-likeness (QED) is 0.827. The van der Waals surface area contributed by atoms with Crippen molar-refractivity contribution in [1.82, 2.24) is 14.5 Å². The van der Waals surface area contributed by atoms with E-state index in [1.807, 2.05) is 17.4 Å². The van der Waals surface area contributed by atoms with Crippen molar-refractivity contribution in [3.63, 3.8) is 0 Å². The average Bonchev–Trinajstić information content (AvgIpc) is 3.05. The van der Waals surface area contributed by atoms with Crippen molar-refractivity contribution >= 4 is 5.91 Å². The van der Waals surface area contributed by atoms with E-state index in [2.05, 4.69) is 9.55 Å². The van der Waals surface area contributed by atoms with Crippen LogP contribution in [0, 0.1) is 5.92 Å². The molecule has 0 spiro atoms. The molecular formula is C13H19N3O2. The van der Waals surface area contributed by atoms with Gasteiger partial charge in [-0.05, 0) is 19.3 Å². The summed E-state index contributed by atoms with van der Waals surface area (Å²) in [5.74, 6) is 0.292. The fourth-order valence-corrected chi connectivity index (χ4v) is 3.13. The minimum absolute atomic E-state index is 0.0457. The molecule has 1 saturated heterocycles. The number of nitrogens with zero attached hydrogens (tertiary/aromatic N) is 3. The summed E-state index contributed by atoms with van der Waals surface area (Å²) in [4.78, 5) is 18.5. The fraction of sp³-hybridized carbons (Fsp3) is 0.692. The van der Waals surface area contributed by atoms with Gasteiger partial charge in [0.15, 0.2) is 0 Å². The zero-order chi connectivity index (χ0) is 12.5. The normalized spacial score (nSPS) is 27.3. The Bertz CT molecular complexity index is 443. The second-order valence-electron chi connectivity index (χ2n) is 5.28. The van der Waals surface area contributed by atoms with Crippen LogP contribution in [0.3, 0.4) is 0 Å². The van der Waals surface area contributed by atoms with E-state index in [4.69, 9.17) is 0 Å². The number of aryl methyl sites for hydroxylation is 1. The second kappa shape index (κ2) is 4.72. The molecule has 2 unspecified atom stereocenters. The van der Waals surface area contributed by atoms with E-state index in [9.17, 15) is 9.90 Å². The molecule has 0 aliphatic carbocycles. The lowest BCUT2D eigenvalue weighted by atomic mass is 9.94. The Hall–Kier alpha value is -1.36. The van der Waals surface area contributed by atoms with Gasteiger partial charge in [-0.25, -0.2) is 4.98 Å². The zero-order valence-corrected chi connectivity index (χ0v) is 10.5. The first kappa shape index (κ1) is 11.7. The van der Waals surface area contributed by atoms with Crippen LogP contribution < -0.4 is 0 Å². The summed E-state index contributed by atoms with van der Waals surface area (Å²) in [6.45, 7) is 1.78. The van der Waals surface area contributed by atoms with Crippen LogP contribution in [0.5, 0.6) is 0 Å². The van der Waals surface area contributed by atoms with Crippen molar-refractivity contribution < 1.29 is 9.90 Å². The van der Waals surface area contributed by atoms with Crippen molar-refractivity contribution in [1.29, 1.82) is 0 Å². The van der Waals surface area contributed by atoms with Crippen molar-refractivity contribution in [2.24, 2.45) is 5.92 Å². The van der Waals surface area contributed by atoms with Gasteiger partial charge >= 0.3 is 0 Å². The van der Waals surface area contributed by atoms with Gasteiger partial charge in [0, 0.05) is 37.3 Å². The Morgan fingerprint density at radius 3 is 3.17 bits per heavy atom. The molecule has 2 atom stereocenters. The minimum Gasteiger partial charge on any atom is -0.394 e. The molecule has 3 rings (SSSR count). The van der Waals surface area contributed by atoms with Crippen LogP contribution in [0.25, 0.3) is 0 Å². The molecule has 1 fully saturated rings. The van der Waals surface area contributed by atoms with Crippen LogP contribution in [-0.4, -0.2) is 44.7 Å². The average molecular weight is 249 g/mol. The summed E-state index contributed by atoms with van der Waals surface area (Å²) < 4.78 is 2.12. The number of carbonyl (C=O) groups excluding carboxylic acids is 1. The maximum Gasteiger partial charge on any atom is 0.226 e. The fourth-order valence-electron chi connectivity index (χ4n) is 3.13. The molecule has 1 aromatic heterocycles. The molecule has 5 nitrogen and oxygen atoms in total. The highest BCUT2D eigenvalue weighted by Gasteiger charge is 2.34. The summed E-state index contributed by atoms with van der Waals surface area (Å²) >= 11 is 0. The van der Waals surface area contributed by atoms with E-state index in [1.54, 1.807) is 0 Å². The molecular weight excluding hydrogens is 230 g/mol. The van der Waals surface area contributed by atoms with E-state index in [0.29, 0.717) is 0 Å². The van der Waals surface area contributed by atoms with Crippen LogP contribution in [0.2, 0.25) is 0 Å². The third-order valence-corrected chi connectivity index (χ3v) is 4.19. The van der Waals surface area contributed by atoms with Crippen LogP contribution in [0.1, 0.15) is 25.0 Å². The first-order chi connectivity index (χ1) is 8.79. The maximum absolute atomic E-state index is 12.5.